The largest absolute Gasteiger partial charge is 0.423 e. The average molecular weight is 343 g/mol. The fourth-order valence-electron chi connectivity index (χ4n) is 3.79. The monoisotopic (exact) mass is 343 g/mol. The zero-order valence-electron chi connectivity index (χ0n) is 14.8. The Morgan fingerprint density at radius 1 is 1.20 bits per heavy atom. The second-order valence-corrected chi connectivity index (χ2v) is 7.32. The van der Waals surface area contributed by atoms with Gasteiger partial charge < -0.3 is 14.2 Å². The van der Waals surface area contributed by atoms with Crippen LogP contribution in [0.2, 0.25) is 0 Å². The van der Waals surface area contributed by atoms with Gasteiger partial charge in [-0.2, -0.15) is 5.26 Å². The molecule has 0 spiro atoms. The molecule has 7 heteroatoms. The third-order valence-corrected chi connectivity index (χ3v) is 5.58. The van der Waals surface area contributed by atoms with E-state index in [1.807, 2.05) is 11.8 Å². The molecule has 1 aromatic heterocycles. The van der Waals surface area contributed by atoms with Crippen molar-refractivity contribution in [2.24, 2.45) is 0 Å². The van der Waals surface area contributed by atoms with Crippen molar-refractivity contribution >= 4 is 11.8 Å². The van der Waals surface area contributed by atoms with Crippen LogP contribution >= 0.6 is 0 Å². The summed E-state index contributed by atoms with van der Waals surface area (Å²) in [5, 5.41) is 9.34. The molecule has 134 valence electrons. The number of anilines is 1. The first kappa shape index (κ1) is 16.4. The van der Waals surface area contributed by atoms with E-state index in [0.29, 0.717) is 23.4 Å². The van der Waals surface area contributed by atoms with E-state index in [9.17, 15) is 10.1 Å². The van der Waals surface area contributed by atoms with Gasteiger partial charge in [0.05, 0.1) is 6.04 Å². The number of nitriles is 1. The van der Waals surface area contributed by atoms with Crippen molar-refractivity contribution in [2.75, 3.05) is 44.2 Å². The van der Waals surface area contributed by atoms with Gasteiger partial charge in [-0.05, 0) is 32.6 Å². The van der Waals surface area contributed by atoms with E-state index in [2.05, 4.69) is 20.9 Å². The molecule has 1 aliphatic carbocycles. The van der Waals surface area contributed by atoms with Crippen LogP contribution < -0.4 is 4.90 Å². The van der Waals surface area contributed by atoms with Gasteiger partial charge in [-0.1, -0.05) is 0 Å². The molecule has 7 nitrogen and oxygen atoms in total. The van der Waals surface area contributed by atoms with Crippen LogP contribution in [-0.2, 0) is 4.79 Å². The van der Waals surface area contributed by atoms with Crippen LogP contribution in [0, 0.1) is 11.3 Å². The van der Waals surface area contributed by atoms with E-state index >= 15 is 0 Å². The maximum atomic E-state index is 12.6. The first-order valence-electron chi connectivity index (χ1n) is 9.36. The number of nitrogens with zero attached hydrogens (tertiary/aromatic N) is 5. The summed E-state index contributed by atoms with van der Waals surface area (Å²) in [4.78, 5) is 23.3. The van der Waals surface area contributed by atoms with Gasteiger partial charge in [0.1, 0.15) is 6.07 Å². The zero-order chi connectivity index (χ0) is 17.4. The van der Waals surface area contributed by atoms with Gasteiger partial charge in [0.2, 0.25) is 23.4 Å². The lowest BCUT2D eigenvalue weighted by Crippen LogP contribution is -2.54. The minimum atomic E-state index is -0.0764. The Morgan fingerprint density at radius 2 is 1.88 bits per heavy atom. The van der Waals surface area contributed by atoms with E-state index in [4.69, 9.17) is 4.42 Å². The fraction of sp³-hybridized carbons (Fsp3) is 0.722. The number of oxazole rings is 1. The molecule has 1 atom stereocenters. The normalized spacial score (nSPS) is 22.9. The summed E-state index contributed by atoms with van der Waals surface area (Å²) >= 11 is 0. The first-order valence-corrected chi connectivity index (χ1v) is 9.36. The number of hydrogen-bond acceptors (Lipinski definition) is 6. The molecule has 2 aliphatic heterocycles. The summed E-state index contributed by atoms with van der Waals surface area (Å²) in [5.74, 6) is 1.98. The van der Waals surface area contributed by atoms with Gasteiger partial charge in [-0.25, -0.2) is 4.98 Å². The van der Waals surface area contributed by atoms with Crippen molar-refractivity contribution in [3.63, 3.8) is 0 Å². The number of amides is 1. The van der Waals surface area contributed by atoms with Gasteiger partial charge in [0.15, 0.2) is 0 Å². The molecule has 1 saturated carbocycles. The van der Waals surface area contributed by atoms with Crippen molar-refractivity contribution in [3.8, 4) is 6.07 Å². The summed E-state index contributed by atoms with van der Waals surface area (Å²) in [6, 6.07) is 2.09. The number of piperazine rings is 1. The lowest BCUT2D eigenvalue weighted by molar-refractivity contribution is -0.135. The van der Waals surface area contributed by atoms with Gasteiger partial charge in [-0.3, -0.25) is 9.69 Å². The molecule has 3 heterocycles. The van der Waals surface area contributed by atoms with Gasteiger partial charge in [0, 0.05) is 45.2 Å². The predicted octanol–water partition coefficient (Wildman–Crippen LogP) is 1.56. The van der Waals surface area contributed by atoms with Crippen LogP contribution in [0.1, 0.15) is 50.1 Å². The van der Waals surface area contributed by atoms with Crippen molar-refractivity contribution < 1.29 is 9.21 Å². The molecule has 3 fully saturated rings. The number of rotatable bonds is 4. The van der Waals surface area contributed by atoms with E-state index in [1.165, 1.54) is 0 Å². The summed E-state index contributed by atoms with van der Waals surface area (Å²) < 4.78 is 5.89. The summed E-state index contributed by atoms with van der Waals surface area (Å²) in [6.45, 7) is 6.91. The molecule has 25 heavy (non-hydrogen) atoms. The van der Waals surface area contributed by atoms with Gasteiger partial charge in [-0.15, -0.1) is 0 Å². The molecule has 0 bridgehead atoms. The van der Waals surface area contributed by atoms with Crippen molar-refractivity contribution in [2.45, 2.75) is 44.6 Å². The Hall–Kier alpha value is -2.07. The van der Waals surface area contributed by atoms with Crippen LogP contribution in [-0.4, -0.2) is 66.0 Å². The Bertz CT molecular complexity index is 676. The predicted molar refractivity (Wildman–Crippen MR) is 92.3 cm³/mol. The Balaban J connectivity index is 1.38. The zero-order valence-corrected chi connectivity index (χ0v) is 14.8. The van der Waals surface area contributed by atoms with E-state index < -0.39 is 0 Å². The van der Waals surface area contributed by atoms with E-state index in [1.54, 1.807) is 0 Å². The number of aromatic nitrogens is 1. The van der Waals surface area contributed by atoms with Crippen molar-refractivity contribution in [3.05, 3.63) is 11.6 Å². The minimum Gasteiger partial charge on any atom is -0.423 e. The number of hydrogen-bond donors (Lipinski definition) is 0. The van der Waals surface area contributed by atoms with Crippen LogP contribution in [0.4, 0.5) is 5.88 Å². The summed E-state index contributed by atoms with van der Waals surface area (Å²) in [5.41, 5.74) is 0.400. The van der Waals surface area contributed by atoms with Crippen LogP contribution in [0.15, 0.2) is 4.42 Å². The quantitative estimate of drug-likeness (QED) is 0.826. The Morgan fingerprint density at radius 3 is 2.48 bits per heavy atom. The molecule has 0 N–H and O–H groups in total. The highest BCUT2D eigenvalue weighted by atomic mass is 16.4. The molecule has 1 aromatic rings. The average Bonchev–Trinajstić information content (AvgIpc) is 3.19. The van der Waals surface area contributed by atoms with E-state index in [-0.39, 0.29) is 11.9 Å². The maximum Gasteiger partial charge on any atom is 0.239 e. The van der Waals surface area contributed by atoms with Crippen LogP contribution in [0.5, 0.6) is 0 Å². The van der Waals surface area contributed by atoms with Gasteiger partial charge in [0.25, 0.3) is 0 Å². The maximum absolute atomic E-state index is 12.6. The number of carbonyl (C=O) groups excluding carboxylic acids is 1. The number of likely N-dealkylation sites (tertiary alicyclic amines) is 1. The first-order chi connectivity index (χ1) is 12.2. The van der Waals surface area contributed by atoms with Gasteiger partial charge >= 0.3 is 0 Å². The molecule has 3 aliphatic rings. The summed E-state index contributed by atoms with van der Waals surface area (Å²) in [6.07, 6.45) is 4.46. The smallest absolute Gasteiger partial charge is 0.239 e. The van der Waals surface area contributed by atoms with Crippen molar-refractivity contribution in [1.82, 2.24) is 14.8 Å². The summed E-state index contributed by atoms with van der Waals surface area (Å²) in [7, 11) is 0. The molecule has 4 rings (SSSR count). The molecule has 1 amide bonds. The molecular formula is C18H25N5O2. The minimum absolute atomic E-state index is 0.0764. The second-order valence-electron chi connectivity index (χ2n) is 7.32. The lowest BCUT2D eigenvalue weighted by Gasteiger charge is -2.38. The van der Waals surface area contributed by atoms with Crippen LogP contribution in [0.3, 0.4) is 0 Å². The lowest BCUT2D eigenvalue weighted by atomic mass is 10.2. The third-order valence-electron chi connectivity index (χ3n) is 5.58. The second kappa shape index (κ2) is 6.68. The SMILES string of the molecule is C[C@@H](C(=O)N1CCCC1)N1CCN(c2oc(C3CC3)nc2C#N)CC1. The molecule has 0 unspecified atom stereocenters. The molecule has 0 aromatic carbocycles. The Kier molecular flexibility index (Phi) is 4.38. The highest BCUT2D eigenvalue weighted by molar-refractivity contribution is 5.81. The third kappa shape index (κ3) is 3.23. The van der Waals surface area contributed by atoms with E-state index in [0.717, 1.165) is 65.0 Å². The standard InChI is InChI=1S/C18H25N5O2/c1-13(17(24)22-6-2-3-7-22)21-8-10-23(11-9-21)18-15(12-19)20-16(25-18)14-4-5-14/h13-14H,2-11H2,1H3/t13-/m0/s1. The molecule has 2 saturated heterocycles. The molecule has 0 radical (unpaired) electrons. The highest BCUT2D eigenvalue weighted by Gasteiger charge is 2.34. The molecular weight excluding hydrogens is 318 g/mol. The van der Waals surface area contributed by atoms with Crippen LogP contribution in [0.25, 0.3) is 0 Å². The fourth-order valence-corrected chi connectivity index (χ4v) is 3.79. The highest BCUT2D eigenvalue weighted by Crippen LogP contribution is 2.41. The number of carbonyl (C=O) groups is 1. The van der Waals surface area contributed by atoms with Crippen molar-refractivity contribution in [1.29, 1.82) is 5.26 Å². The topological polar surface area (TPSA) is 76.6 Å². The Labute approximate surface area is 148 Å².